The highest BCUT2D eigenvalue weighted by molar-refractivity contribution is 5.81. The van der Waals surface area contributed by atoms with E-state index in [1.165, 1.54) is 18.3 Å². The molecular weight excluding hydrogens is 381 g/mol. The lowest BCUT2D eigenvalue weighted by Crippen LogP contribution is -2.20. The first-order valence-corrected chi connectivity index (χ1v) is 8.57. The maximum absolute atomic E-state index is 13.2. The molecule has 0 unspecified atom stereocenters. The molecule has 0 radical (unpaired) electrons. The smallest absolute Gasteiger partial charge is 0.267 e. The number of hydrogen-bond donors (Lipinski definition) is 0. The van der Waals surface area contributed by atoms with Crippen molar-refractivity contribution in [2.75, 3.05) is 0 Å². The molecule has 0 aliphatic carbocycles. The first-order chi connectivity index (χ1) is 13.9. The zero-order valence-electron chi connectivity index (χ0n) is 14.8. The molecule has 8 heteroatoms. The Bertz CT molecular complexity index is 1260. The number of alkyl halides is 3. The van der Waals surface area contributed by atoms with Gasteiger partial charge >= 0.3 is 6.18 Å². The average molecular weight is 394 g/mol. The molecule has 0 bridgehead atoms. The van der Waals surface area contributed by atoms with Gasteiger partial charge in [0, 0.05) is 18.0 Å². The predicted molar refractivity (Wildman–Crippen MR) is 104 cm³/mol. The van der Waals surface area contributed by atoms with Gasteiger partial charge in [-0.1, -0.05) is 24.3 Å². The van der Waals surface area contributed by atoms with Crippen molar-refractivity contribution < 1.29 is 13.2 Å². The number of aromatic nitrogens is 3. The maximum atomic E-state index is 13.2. The monoisotopic (exact) mass is 394 g/mol. The highest BCUT2D eigenvalue weighted by Gasteiger charge is 2.30. The van der Waals surface area contributed by atoms with E-state index in [1.807, 2.05) is 0 Å². The quantitative estimate of drug-likeness (QED) is 0.485. The molecule has 0 N–H and O–H groups in total. The molecule has 4 rings (SSSR count). The van der Waals surface area contributed by atoms with E-state index >= 15 is 0 Å². The van der Waals surface area contributed by atoms with Crippen LogP contribution in [0.2, 0.25) is 0 Å². The van der Waals surface area contributed by atoms with Crippen LogP contribution in [0.1, 0.15) is 11.1 Å². The van der Waals surface area contributed by atoms with E-state index in [1.54, 1.807) is 48.8 Å². The molecule has 4 aromatic rings. The average Bonchev–Trinajstić information content (AvgIpc) is 2.73. The Labute approximate surface area is 162 Å². The number of benzene rings is 2. The van der Waals surface area contributed by atoms with Crippen LogP contribution < -0.4 is 5.56 Å². The molecular formula is C21H13F3N4O. The molecule has 2 aromatic carbocycles. The Morgan fingerprint density at radius 1 is 0.966 bits per heavy atom. The summed E-state index contributed by atoms with van der Waals surface area (Å²) < 4.78 is 40.5. The zero-order valence-corrected chi connectivity index (χ0v) is 14.8. The molecule has 0 atom stereocenters. The second kappa shape index (κ2) is 7.31. The minimum Gasteiger partial charge on any atom is -0.267 e. The van der Waals surface area contributed by atoms with Crippen molar-refractivity contribution in [1.82, 2.24) is 14.6 Å². The summed E-state index contributed by atoms with van der Waals surface area (Å²) in [6, 6.07) is 14.6. The predicted octanol–water partition coefficient (Wildman–Crippen LogP) is 4.36. The number of fused-ring (bicyclic) bond motifs is 1. The lowest BCUT2D eigenvalue weighted by molar-refractivity contribution is -0.137. The van der Waals surface area contributed by atoms with E-state index in [0.717, 1.165) is 16.8 Å². The number of hydrogen-bond acceptors (Lipinski definition) is 4. The second-order valence-corrected chi connectivity index (χ2v) is 6.17. The van der Waals surface area contributed by atoms with Crippen LogP contribution in [0.5, 0.6) is 0 Å². The van der Waals surface area contributed by atoms with Crippen LogP contribution in [0, 0.1) is 0 Å². The SMILES string of the molecule is O=c1c2ccccc2nc(-c2cccc(C(F)(F)F)c2)n1N=Cc1ccncc1. The Morgan fingerprint density at radius 2 is 1.72 bits per heavy atom. The normalized spacial score (nSPS) is 12.0. The van der Waals surface area contributed by atoms with Crippen molar-refractivity contribution in [3.63, 3.8) is 0 Å². The standard InChI is InChI=1S/C21H13F3N4O/c22-21(23,24)16-5-3-4-15(12-16)19-27-18-7-2-1-6-17(18)20(29)28(19)26-13-14-8-10-25-11-9-14/h1-13H. The van der Waals surface area contributed by atoms with E-state index in [9.17, 15) is 18.0 Å². The lowest BCUT2D eigenvalue weighted by atomic mass is 10.1. The van der Waals surface area contributed by atoms with E-state index in [4.69, 9.17) is 0 Å². The number of pyridine rings is 1. The molecule has 2 heterocycles. The minimum atomic E-state index is -4.52. The van der Waals surface area contributed by atoms with Gasteiger partial charge in [0.25, 0.3) is 5.56 Å². The summed E-state index contributed by atoms with van der Waals surface area (Å²) >= 11 is 0. The Hall–Kier alpha value is -3.81. The van der Waals surface area contributed by atoms with Crippen LogP contribution in [-0.2, 0) is 6.18 Å². The van der Waals surface area contributed by atoms with Gasteiger partial charge in [-0.2, -0.15) is 22.9 Å². The van der Waals surface area contributed by atoms with Gasteiger partial charge in [-0.05, 0) is 42.0 Å². The van der Waals surface area contributed by atoms with Gasteiger partial charge < -0.3 is 0 Å². The number of rotatable bonds is 3. The van der Waals surface area contributed by atoms with Crippen LogP contribution >= 0.6 is 0 Å². The zero-order chi connectivity index (χ0) is 20.4. The Morgan fingerprint density at radius 3 is 2.48 bits per heavy atom. The summed E-state index contributed by atoms with van der Waals surface area (Å²) in [5.41, 5.74) is -0.125. The number of nitrogens with zero attached hydrogens (tertiary/aromatic N) is 4. The number of para-hydroxylation sites is 1. The van der Waals surface area contributed by atoms with Gasteiger partial charge in [0.15, 0.2) is 5.82 Å². The van der Waals surface area contributed by atoms with Crippen LogP contribution in [0.4, 0.5) is 13.2 Å². The van der Waals surface area contributed by atoms with Gasteiger partial charge in [-0.15, -0.1) is 0 Å². The summed E-state index contributed by atoms with van der Waals surface area (Å²) in [5, 5.41) is 4.52. The third-order valence-corrected chi connectivity index (χ3v) is 4.23. The highest BCUT2D eigenvalue weighted by Crippen LogP contribution is 2.31. The van der Waals surface area contributed by atoms with Gasteiger partial charge in [-0.25, -0.2) is 4.98 Å². The molecule has 29 heavy (non-hydrogen) atoms. The van der Waals surface area contributed by atoms with E-state index in [2.05, 4.69) is 15.1 Å². The summed E-state index contributed by atoms with van der Waals surface area (Å²) in [6.07, 6.45) is 0.0436. The van der Waals surface area contributed by atoms with Crippen molar-refractivity contribution >= 4 is 17.1 Å². The van der Waals surface area contributed by atoms with Crippen molar-refractivity contribution in [3.05, 3.63) is 94.5 Å². The van der Waals surface area contributed by atoms with Gasteiger partial charge in [-0.3, -0.25) is 9.78 Å². The third-order valence-electron chi connectivity index (χ3n) is 4.23. The van der Waals surface area contributed by atoms with Crippen LogP contribution in [0.25, 0.3) is 22.3 Å². The largest absolute Gasteiger partial charge is 0.416 e. The molecule has 0 saturated heterocycles. The molecule has 0 amide bonds. The van der Waals surface area contributed by atoms with E-state index < -0.39 is 17.3 Å². The molecule has 0 aliphatic heterocycles. The highest BCUT2D eigenvalue weighted by atomic mass is 19.4. The Kier molecular flexibility index (Phi) is 4.67. The molecule has 5 nitrogen and oxygen atoms in total. The third kappa shape index (κ3) is 3.77. The molecule has 144 valence electrons. The molecule has 0 fully saturated rings. The number of halogens is 3. The van der Waals surface area contributed by atoms with E-state index in [-0.39, 0.29) is 11.4 Å². The fourth-order valence-corrected chi connectivity index (χ4v) is 2.83. The maximum Gasteiger partial charge on any atom is 0.416 e. The first-order valence-electron chi connectivity index (χ1n) is 8.57. The van der Waals surface area contributed by atoms with Crippen LogP contribution in [-0.4, -0.2) is 20.9 Å². The van der Waals surface area contributed by atoms with Crippen LogP contribution in [0.15, 0.2) is 83.0 Å². The fourth-order valence-electron chi connectivity index (χ4n) is 2.83. The topological polar surface area (TPSA) is 60.1 Å². The molecule has 0 spiro atoms. The van der Waals surface area contributed by atoms with Crippen molar-refractivity contribution in [1.29, 1.82) is 0 Å². The summed E-state index contributed by atoms with van der Waals surface area (Å²) in [6.45, 7) is 0. The Balaban J connectivity index is 1.95. The molecule has 2 aromatic heterocycles. The van der Waals surface area contributed by atoms with Crippen LogP contribution in [0.3, 0.4) is 0 Å². The minimum absolute atomic E-state index is 0.0186. The van der Waals surface area contributed by atoms with Gasteiger partial charge in [0.2, 0.25) is 0 Å². The van der Waals surface area contributed by atoms with Crippen molar-refractivity contribution in [3.8, 4) is 11.4 Å². The fraction of sp³-hybridized carbons (Fsp3) is 0.0476. The second-order valence-electron chi connectivity index (χ2n) is 6.17. The van der Waals surface area contributed by atoms with Crippen molar-refractivity contribution in [2.24, 2.45) is 5.10 Å². The summed E-state index contributed by atoms with van der Waals surface area (Å²) in [5.74, 6) is 0.0186. The lowest BCUT2D eigenvalue weighted by Gasteiger charge is -2.12. The summed E-state index contributed by atoms with van der Waals surface area (Å²) in [7, 11) is 0. The van der Waals surface area contributed by atoms with E-state index in [0.29, 0.717) is 16.5 Å². The van der Waals surface area contributed by atoms with Gasteiger partial charge in [0.05, 0.1) is 22.7 Å². The first kappa shape index (κ1) is 18.5. The van der Waals surface area contributed by atoms with Crippen molar-refractivity contribution in [2.45, 2.75) is 6.18 Å². The molecule has 0 aliphatic rings. The molecule has 0 saturated carbocycles. The summed E-state index contributed by atoms with van der Waals surface area (Å²) in [4.78, 5) is 21.3. The van der Waals surface area contributed by atoms with Gasteiger partial charge in [0.1, 0.15) is 0 Å².